The van der Waals surface area contributed by atoms with Crippen LogP contribution in [0.25, 0.3) is 0 Å². The molecule has 0 aromatic rings. The van der Waals surface area contributed by atoms with Crippen LogP contribution in [0.2, 0.25) is 0 Å². The lowest BCUT2D eigenvalue weighted by Gasteiger charge is -2.26. The van der Waals surface area contributed by atoms with Gasteiger partial charge in [-0.3, -0.25) is 4.90 Å². The SMILES string of the molecule is CC(C)(CCCN(CCO)C1CC1)C(N)=S. The van der Waals surface area contributed by atoms with Crippen molar-refractivity contribution in [3.05, 3.63) is 0 Å². The predicted molar refractivity (Wildman–Crippen MR) is 71.5 cm³/mol. The number of aliphatic hydroxyl groups excluding tert-OH is 1. The zero-order valence-electron chi connectivity index (χ0n) is 10.4. The molecule has 1 rings (SSSR count). The van der Waals surface area contributed by atoms with Crippen molar-refractivity contribution in [2.24, 2.45) is 11.1 Å². The molecule has 0 radical (unpaired) electrons. The predicted octanol–water partition coefficient (Wildman–Crippen LogP) is 1.54. The van der Waals surface area contributed by atoms with E-state index in [9.17, 15) is 0 Å². The normalized spacial score (nSPS) is 16.8. The average Bonchev–Trinajstić information content (AvgIpc) is 2.99. The van der Waals surface area contributed by atoms with Gasteiger partial charge in [-0.1, -0.05) is 26.1 Å². The number of aliphatic hydroxyl groups is 1. The molecule has 0 heterocycles. The van der Waals surface area contributed by atoms with Gasteiger partial charge in [0, 0.05) is 18.0 Å². The number of hydrogen-bond donors (Lipinski definition) is 2. The van der Waals surface area contributed by atoms with Crippen LogP contribution in [-0.4, -0.2) is 40.7 Å². The smallest absolute Gasteiger partial charge is 0.0784 e. The molecule has 0 atom stereocenters. The summed E-state index contributed by atoms with van der Waals surface area (Å²) in [4.78, 5) is 2.99. The summed E-state index contributed by atoms with van der Waals surface area (Å²) < 4.78 is 0. The molecule has 0 saturated heterocycles. The lowest BCUT2D eigenvalue weighted by molar-refractivity contribution is 0.183. The van der Waals surface area contributed by atoms with E-state index in [1.165, 1.54) is 12.8 Å². The molecule has 4 heteroatoms. The van der Waals surface area contributed by atoms with Crippen LogP contribution in [0.1, 0.15) is 39.5 Å². The van der Waals surface area contributed by atoms with E-state index in [2.05, 4.69) is 18.7 Å². The standard InChI is InChI=1S/C12H24N2OS/c1-12(2,11(13)16)6-3-7-14(8-9-15)10-4-5-10/h10,15H,3-9H2,1-2H3,(H2,13,16). The van der Waals surface area contributed by atoms with Crippen molar-refractivity contribution in [3.63, 3.8) is 0 Å². The Kier molecular flexibility index (Phi) is 5.15. The quantitative estimate of drug-likeness (QED) is 0.636. The van der Waals surface area contributed by atoms with E-state index in [4.69, 9.17) is 23.1 Å². The Bertz CT molecular complexity index is 239. The van der Waals surface area contributed by atoms with Gasteiger partial charge in [-0.25, -0.2) is 0 Å². The molecule has 0 unspecified atom stereocenters. The van der Waals surface area contributed by atoms with Gasteiger partial charge in [0.1, 0.15) is 0 Å². The van der Waals surface area contributed by atoms with Crippen LogP contribution < -0.4 is 5.73 Å². The van der Waals surface area contributed by atoms with Crippen LogP contribution >= 0.6 is 12.2 Å². The van der Waals surface area contributed by atoms with E-state index < -0.39 is 0 Å². The lowest BCUT2D eigenvalue weighted by Crippen LogP contribution is -2.33. The van der Waals surface area contributed by atoms with Gasteiger partial charge in [0.15, 0.2) is 0 Å². The number of nitrogens with two attached hydrogens (primary N) is 1. The Morgan fingerprint density at radius 1 is 1.44 bits per heavy atom. The number of rotatable bonds is 8. The van der Waals surface area contributed by atoms with E-state index in [1.807, 2.05) is 0 Å². The molecule has 0 aliphatic heterocycles. The minimum atomic E-state index is -0.0379. The molecule has 3 nitrogen and oxygen atoms in total. The number of nitrogens with zero attached hydrogens (tertiary/aromatic N) is 1. The van der Waals surface area contributed by atoms with Crippen LogP contribution in [0, 0.1) is 5.41 Å². The van der Waals surface area contributed by atoms with Gasteiger partial charge in [0.25, 0.3) is 0 Å². The fourth-order valence-electron chi connectivity index (χ4n) is 1.89. The van der Waals surface area contributed by atoms with Crippen LogP contribution in [0.5, 0.6) is 0 Å². The highest BCUT2D eigenvalue weighted by Crippen LogP contribution is 2.28. The lowest BCUT2D eigenvalue weighted by atomic mass is 9.88. The second kappa shape index (κ2) is 5.94. The van der Waals surface area contributed by atoms with Crippen molar-refractivity contribution in [1.29, 1.82) is 0 Å². The first kappa shape index (κ1) is 13.9. The highest BCUT2D eigenvalue weighted by atomic mass is 32.1. The van der Waals surface area contributed by atoms with Crippen LogP contribution in [-0.2, 0) is 0 Å². The summed E-state index contributed by atoms with van der Waals surface area (Å²) in [5.74, 6) is 0. The van der Waals surface area contributed by atoms with E-state index in [1.54, 1.807) is 0 Å². The Hall–Kier alpha value is -0.190. The first-order valence-electron chi connectivity index (χ1n) is 6.12. The van der Waals surface area contributed by atoms with Crippen molar-refractivity contribution in [1.82, 2.24) is 4.90 Å². The second-order valence-corrected chi connectivity index (χ2v) is 5.78. The maximum atomic E-state index is 8.98. The van der Waals surface area contributed by atoms with Gasteiger partial charge in [0.2, 0.25) is 0 Å². The third-order valence-electron chi connectivity index (χ3n) is 3.36. The highest BCUT2D eigenvalue weighted by Gasteiger charge is 2.29. The molecular formula is C12H24N2OS. The average molecular weight is 244 g/mol. The molecule has 3 N–H and O–H groups in total. The molecule has 0 aromatic heterocycles. The largest absolute Gasteiger partial charge is 0.395 e. The first-order chi connectivity index (χ1) is 7.47. The Labute approximate surface area is 104 Å². The Morgan fingerprint density at radius 2 is 2.06 bits per heavy atom. The summed E-state index contributed by atoms with van der Waals surface area (Å²) in [6.07, 6.45) is 4.70. The van der Waals surface area contributed by atoms with Crippen molar-refractivity contribution in [3.8, 4) is 0 Å². The van der Waals surface area contributed by atoms with E-state index in [0.29, 0.717) is 4.99 Å². The number of thiocarbonyl (C=S) groups is 1. The molecule has 1 saturated carbocycles. The number of hydrogen-bond acceptors (Lipinski definition) is 3. The van der Waals surface area contributed by atoms with Crippen molar-refractivity contribution in [2.75, 3.05) is 19.7 Å². The van der Waals surface area contributed by atoms with E-state index in [0.717, 1.165) is 32.0 Å². The van der Waals surface area contributed by atoms with Crippen LogP contribution in [0.3, 0.4) is 0 Å². The molecule has 0 spiro atoms. The van der Waals surface area contributed by atoms with Gasteiger partial charge in [-0.15, -0.1) is 0 Å². The Morgan fingerprint density at radius 3 is 2.50 bits per heavy atom. The molecule has 1 aliphatic carbocycles. The summed E-state index contributed by atoms with van der Waals surface area (Å²) in [6, 6.07) is 0.722. The third kappa shape index (κ3) is 4.36. The zero-order chi connectivity index (χ0) is 12.2. The summed E-state index contributed by atoms with van der Waals surface area (Å²) in [5.41, 5.74) is 5.66. The van der Waals surface area contributed by atoms with Crippen molar-refractivity contribution < 1.29 is 5.11 Å². The van der Waals surface area contributed by atoms with E-state index >= 15 is 0 Å². The monoisotopic (exact) mass is 244 g/mol. The van der Waals surface area contributed by atoms with Gasteiger partial charge >= 0.3 is 0 Å². The van der Waals surface area contributed by atoms with Gasteiger partial charge in [-0.05, 0) is 32.2 Å². The third-order valence-corrected chi connectivity index (χ3v) is 3.92. The molecule has 16 heavy (non-hydrogen) atoms. The maximum absolute atomic E-state index is 8.98. The molecule has 0 amide bonds. The van der Waals surface area contributed by atoms with Crippen LogP contribution in [0.4, 0.5) is 0 Å². The fraction of sp³-hybridized carbons (Fsp3) is 0.917. The van der Waals surface area contributed by atoms with Crippen LogP contribution in [0.15, 0.2) is 0 Å². The minimum absolute atomic E-state index is 0.0379. The first-order valence-corrected chi connectivity index (χ1v) is 6.53. The summed E-state index contributed by atoms with van der Waals surface area (Å²) in [5, 5.41) is 8.98. The van der Waals surface area contributed by atoms with Crippen molar-refractivity contribution >= 4 is 17.2 Å². The fourth-order valence-corrected chi connectivity index (χ4v) is 1.99. The second-order valence-electron chi connectivity index (χ2n) is 5.34. The molecule has 94 valence electrons. The summed E-state index contributed by atoms with van der Waals surface area (Å²) >= 11 is 5.05. The molecule has 0 aromatic carbocycles. The summed E-state index contributed by atoms with van der Waals surface area (Å²) in [7, 11) is 0. The molecular weight excluding hydrogens is 220 g/mol. The maximum Gasteiger partial charge on any atom is 0.0784 e. The minimum Gasteiger partial charge on any atom is -0.395 e. The Balaban J connectivity index is 2.24. The topological polar surface area (TPSA) is 49.5 Å². The van der Waals surface area contributed by atoms with Gasteiger partial charge < -0.3 is 10.8 Å². The highest BCUT2D eigenvalue weighted by molar-refractivity contribution is 7.80. The summed E-state index contributed by atoms with van der Waals surface area (Å²) in [6.45, 7) is 6.32. The molecule has 1 fully saturated rings. The van der Waals surface area contributed by atoms with Gasteiger partial charge in [0.05, 0.1) is 11.6 Å². The van der Waals surface area contributed by atoms with Crippen molar-refractivity contribution in [2.45, 2.75) is 45.6 Å². The zero-order valence-corrected chi connectivity index (χ0v) is 11.2. The molecule has 0 bridgehead atoms. The van der Waals surface area contributed by atoms with Gasteiger partial charge in [-0.2, -0.15) is 0 Å². The molecule has 1 aliphatic rings. The van der Waals surface area contributed by atoms with E-state index in [-0.39, 0.29) is 12.0 Å².